The third kappa shape index (κ3) is 3.63. The highest BCUT2D eigenvalue weighted by Crippen LogP contribution is 2.21. The van der Waals surface area contributed by atoms with Crippen molar-refractivity contribution in [3.63, 3.8) is 0 Å². The van der Waals surface area contributed by atoms with Crippen molar-refractivity contribution in [3.8, 4) is 23.0 Å². The molecule has 0 unspecified atom stereocenters. The largest absolute Gasteiger partial charge is 0.355 e. The molecule has 26 heavy (non-hydrogen) atoms. The molecule has 1 amide bonds. The summed E-state index contributed by atoms with van der Waals surface area (Å²) in [6, 6.07) is 5.76. The van der Waals surface area contributed by atoms with Gasteiger partial charge >= 0.3 is 0 Å². The first-order chi connectivity index (χ1) is 12.5. The van der Waals surface area contributed by atoms with E-state index in [1.165, 1.54) is 18.2 Å². The van der Waals surface area contributed by atoms with Crippen molar-refractivity contribution < 1.29 is 18.1 Å². The number of hydrogen-bond donors (Lipinski definition) is 1. The molecule has 0 aliphatic heterocycles. The van der Waals surface area contributed by atoms with E-state index in [1.807, 2.05) is 0 Å². The molecule has 0 fully saturated rings. The lowest BCUT2D eigenvalue weighted by atomic mass is 10.2. The monoisotopic (exact) mass is 361 g/mol. The van der Waals surface area contributed by atoms with Crippen molar-refractivity contribution >= 4 is 5.91 Å². The van der Waals surface area contributed by atoms with E-state index in [2.05, 4.69) is 20.6 Å². The highest BCUT2D eigenvalue weighted by Gasteiger charge is 2.15. The maximum absolute atomic E-state index is 13.3. The van der Waals surface area contributed by atoms with Gasteiger partial charge in [-0.1, -0.05) is 5.16 Å². The Balaban J connectivity index is 1.90. The molecule has 3 aromatic rings. The fourth-order valence-corrected chi connectivity index (χ4v) is 2.15. The number of nitrogens with one attached hydrogen (secondary N) is 1. The van der Waals surface area contributed by atoms with Crippen LogP contribution >= 0.6 is 0 Å². The van der Waals surface area contributed by atoms with E-state index in [0.29, 0.717) is 6.54 Å². The van der Waals surface area contributed by atoms with Gasteiger partial charge in [0.05, 0.1) is 0 Å². The average molecular weight is 361 g/mol. The van der Waals surface area contributed by atoms with Crippen LogP contribution in [-0.4, -0.2) is 32.4 Å². The Morgan fingerprint density at radius 3 is 2.77 bits per heavy atom. The van der Waals surface area contributed by atoms with Crippen molar-refractivity contribution in [2.75, 3.05) is 6.54 Å². The van der Waals surface area contributed by atoms with Crippen LogP contribution in [0.15, 0.2) is 39.6 Å². The number of benzene rings is 1. The third-order valence-electron chi connectivity index (χ3n) is 3.36. The molecule has 0 saturated heterocycles. The van der Waals surface area contributed by atoms with E-state index in [9.17, 15) is 18.4 Å². The van der Waals surface area contributed by atoms with Crippen LogP contribution in [0.2, 0.25) is 0 Å². The summed E-state index contributed by atoms with van der Waals surface area (Å²) in [4.78, 5) is 27.5. The van der Waals surface area contributed by atoms with Crippen LogP contribution in [0, 0.1) is 11.6 Å². The average Bonchev–Trinajstić information content (AvgIpc) is 3.09. The van der Waals surface area contributed by atoms with Gasteiger partial charge in [-0.25, -0.2) is 13.5 Å². The normalized spacial score (nSPS) is 10.7. The van der Waals surface area contributed by atoms with Gasteiger partial charge in [0.2, 0.25) is 11.7 Å². The molecule has 0 radical (unpaired) electrons. The minimum atomic E-state index is -1.04. The van der Waals surface area contributed by atoms with Crippen LogP contribution in [-0.2, 0) is 11.3 Å². The van der Waals surface area contributed by atoms with E-state index < -0.39 is 17.2 Å². The Bertz CT molecular complexity index is 1020. The molecule has 2 heterocycles. The number of hydrogen-bond acceptors (Lipinski definition) is 6. The summed E-state index contributed by atoms with van der Waals surface area (Å²) in [7, 11) is 0. The summed E-state index contributed by atoms with van der Waals surface area (Å²) in [5.74, 6) is -2.40. The number of carbonyl (C=O) groups excluding carboxylic acids is 1. The molecule has 1 N–H and O–H groups in total. The Hall–Kier alpha value is -3.43. The van der Waals surface area contributed by atoms with Gasteiger partial charge in [-0.3, -0.25) is 9.59 Å². The molecule has 0 aliphatic carbocycles. The number of aromatic nitrogens is 4. The zero-order chi connectivity index (χ0) is 18.7. The summed E-state index contributed by atoms with van der Waals surface area (Å²) in [6.07, 6.45) is 0. The molecule has 0 bridgehead atoms. The van der Waals surface area contributed by atoms with Crippen molar-refractivity contribution in [2.24, 2.45) is 0 Å². The maximum atomic E-state index is 13.3. The van der Waals surface area contributed by atoms with Crippen LogP contribution in [0.3, 0.4) is 0 Å². The SMILES string of the molecule is CCNC(=O)Cn1nc(-c2nc(-c3ccc(F)c(F)c3)no2)ccc1=O. The number of halogens is 2. The number of rotatable bonds is 5. The summed E-state index contributed by atoms with van der Waals surface area (Å²) in [5.41, 5.74) is -0.0925. The highest BCUT2D eigenvalue weighted by molar-refractivity contribution is 5.75. The molecule has 1 aromatic carbocycles. The lowest BCUT2D eigenvalue weighted by Gasteiger charge is -2.05. The first-order valence-electron chi connectivity index (χ1n) is 7.62. The molecular formula is C16H13F2N5O3. The van der Waals surface area contributed by atoms with Gasteiger partial charge in [0, 0.05) is 18.2 Å². The van der Waals surface area contributed by atoms with E-state index in [-0.39, 0.29) is 35.4 Å². The second-order valence-electron chi connectivity index (χ2n) is 5.22. The predicted molar refractivity (Wildman–Crippen MR) is 85.8 cm³/mol. The van der Waals surface area contributed by atoms with Crippen molar-refractivity contribution in [1.82, 2.24) is 25.2 Å². The smallest absolute Gasteiger partial charge is 0.278 e. The molecule has 8 nitrogen and oxygen atoms in total. The Morgan fingerprint density at radius 2 is 2.04 bits per heavy atom. The Kier molecular flexibility index (Phi) is 4.83. The topological polar surface area (TPSA) is 103 Å². The van der Waals surface area contributed by atoms with Crippen LogP contribution in [0.5, 0.6) is 0 Å². The Labute approximate surface area is 145 Å². The van der Waals surface area contributed by atoms with E-state index >= 15 is 0 Å². The van der Waals surface area contributed by atoms with E-state index in [1.54, 1.807) is 6.92 Å². The number of likely N-dealkylation sites (N-methyl/N-ethyl adjacent to an activating group) is 1. The fourth-order valence-electron chi connectivity index (χ4n) is 2.15. The summed E-state index contributed by atoms with van der Waals surface area (Å²) >= 11 is 0. The standard InChI is InChI=1S/C16H13F2N5O3/c1-2-19-13(24)8-23-14(25)6-5-12(21-23)16-20-15(22-26-16)9-3-4-10(17)11(18)7-9/h3-7H,2,8H2,1H3,(H,19,24). The second-order valence-corrected chi connectivity index (χ2v) is 5.22. The maximum Gasteiger partial charge on any atom is 0.278 e. The van der Waals surface area contributed by atoms with Crippen LogP contribution < -0.4 is 10.9 Å². The van der Waals surface area contributed by atoms with Crippen molar-refractivity contribution in [3.05, 3.63) is 52.3 Å². The third-order valence-corrected chi connectivity index (χ3v) is 3.36. The second kappa shape index (κ2) is 7.21. The van der Waals surface area contributed by atoms with Gasteiger partial charge in [-0.05, 0) is 31.2 Å². The highest BCUT2D eigenvalue weighted by atomic mass is 19.2. The molecule has 10 heteroatoms. The predicted octanol–water partition coefficient (Wildman–Crippen LogP) is 1.37. The minimum absolute atomic E-state index is 0.0298. The quantitative estimate of drug-likeness (QED) is 0.736. The van der Waals surface area contributed by atoms with E-state index in [0.717, 1.165) is 16.8 Å². The van der Waals surface area contributed by atoms with Gasteiger partial charge in [-0.15, -0.1) is 0 Å². The van der Waals surface area contributed by atoms with Gasteiger partial charge < -0.3 is 9.84 Å². The Morgan fingerprint density at radius 1 is 1.23 bits per heavy atom. The molecule has 3 rings (SSSR count). The van der Waals surface area contributed by atoms with Crippen molar-refractivity contribution in [2.45, 2.75) is 13.5 Å². The van der Waals surface area contributed by atoms with E-state index in [4.69, 9.17) is 4.52 Å². The fraction of sp³-hybridized carbons (Fsp3) is 0.188. The summed E-state index contributed by atoms with van der Waals surface area (Å²) < 4.78 is 32.4. The van der Waals surface area contributed by atoms with Gasteiger partial charge in [0.1, 0.15) is 12.2 Å². The molecule has 0 atom stereocenters. The van der Waals surface area contributed by atoms with Crippen molar-refractivity contribution in [1.29, 1.82) is 0 Å². The molecule has 134 valence electrons. The number of amides is 1. The minimum Gasteiger partial charge on any atom is -0.355 e. The van der Waals surface area contributed by atoms with Gasteiger partial charge in [-0.2, -0.15) is 10.1 Å². The van der Waals surface area contributed by atoms with Crippen LogP contribution in [0.1, 0.15) is 6.92 Å². The molecular weight excluding hydrogens is 348 g/mol. The zero-order valence-electron chi connectivity index (χ0n) is 13.6. The first-order valence-corrected chi connectivity index (χ1v) is 7.62. The molecule has 0 spiro atoms. The van der Waals surface area contributed by atoms with Crippen LogP contribution in [0.4, 0.5) is 8.78 Å². The summed E-state index contributed by atoms with van der Waals surface area (Å²) in [5, 5.41) is 10.3. The lowest BCUT2D eigenvalue weighted by Crippen LogP contribution is -2.33. The number of nitrogens with zero attached hydrogens (tertiary/aromatic N) is 4. The molecule has 0 saturated carbocycles. The van der Waals surface area contributed by atoms with Gasteiger partial charge in [0.15, 0.2) is 11.6 Å². The van der Waals surface area contributed by atoms with Crippen LogP contribution in [0.25, 0.3) is 23.0 Å². The summed E-state index contributed by atoms with van der Waals surface area (Å²) in [6.45, 7) is 1.92. The van der Waals surface area contributed by atoms with Gasteiger partial charge in [0.25, 0.3) is 11.4 Å². The zero-order valence-corrected chi connectivity index (χ0v) is 13.6. The first kappa shape index (κ1) is 17.4. The molecule has 0 aliphatic rings. The lowest BCUT2D eigenvalue weighted by molar-refractivity contribution is -0.121. The number of carbonyl (C=O) groups is 1. The molecule has 2 aromatic heterocycles.